The predicted octanol–water partition coefficient (Wildman–Crippen LogP) is 5.46. The second-order valence-corrected chi connectivity index (χ2v) is 15.3. The van der Waals surface area contributed by atoms with Crippen molar-refractivity contribution < 1.29 is 32.3 Å². The monoisotopic (exact) mass is 606 g/mol. The van der Waals surface area contributed by atoms with E-state index in [2.05, 4.69) is 4.98 Å². The van der Waals surface area contributed by atoms with Crippen LogP contribution in [-0.4, -0.2) is 44.2 Å². The molecule has 3 aliphatic rings. The van der Waals surface area contributed by atoms with Gasteiger partial charge in [-0.3, -0.25) is 14.4 Å². The molecule has 5 rings (SSSR count). The summed E-state index contributed by atoms with van der Waals surface area (Å²) in [5.41, 5.74) is 3.40. The van der Waals surface area contributed by atoms with E-state index in [-0.39, 0.29) is 28.1 Å². The molecule has 2 aromatic rings. The van der Waals surface area contributed by atoms with Gasteiger partial charge in [0, 0.05) is 48.0 Å². The fraction of sp³-hybridized carbons (Fsp3) is 0.455. The molecular weight excluding hydrogens is 568 g/mol. The minimum Gasteiger partial charge on any atom is -0.496 e. The van der Waals surface area contributed by atoms with E-state index >= 15 is 0 Å². The van der Waals surface area contributed by atoms with Crippen molar-refractivity contribution in [1.29, 1.82) is 0 Å². The molecule has 9 nitrogen and oxygen atoms in total. The Morgan fingerprint density at radius 3 is 2.00 bits per heavy atom. The predicted molar refractivity (Wildman–Crippen MR) is 162 cm³/mol. The minimum absolute atomic E-state index is 0.0184. The fourth-order valence-corrected chi connectivity index (χ4v) is 7.04. The number of methoxy groups -OCH3 is 1. The van der Waals surface area contributed by atoms with Crippen LogP contribution in [0.2, 0.25) is 0 Å². The lowest BCUT2D eigenvalue weighted by molar-refractivity contribution is -0.120. The van der Waals surface area contributed by atoms with Crippen molar-refractivity contribution in [3.8, 4) is 17.0 Å². The van der Waals surface area contributed by atoms with Crippen molar-refractivity contribution in [3.63, 3.8) is 0 Å². The Labute approximate surface area is 252 Å². The Hall–Kier alpha value is -3.79. The van der Waals surface area contributed by atoms with Crippen LogP contribution in [0.3, 0.4) is 0 Å². The average molecular weight is 607 g/mol. The van der Waals surface area contributed by atoms with Gasteiger partial charge in [-0.15, -0.1) is 0 Å². The quantitative estimate of drug-likeness (QED) is 0.475. The number of amides is 1. The molecule has 0 fully saturated rings. The number of allylic oxidation sites excluding steroid dienone is 4. The SMILES string of the molecule is COc1ccc(-c2ccc(C)c(C(=O)NS(C)(=O)=O)n2)c(C)c1C1C2=C(CC(C)(C)CC2=O)OC2=C1C(=O)CC(C)(C)C2. The van der Waals surface area contributed by atoms with E-state index in [1.165, 1.54) is 0 Å². The molecule has 0 saturated heterocycles. The van der Waals surface area contributed by atoms with E-state index in [0.717, 1.165) is 11.8 Å². The van der Waals surface area contributed by atoms with Crippen LogP contribution in [0.5, 0.6) is 5.75 Å². The third kappa shape index (κ3) is 5.77. The van der Waals surface area contributed by atoms with Gasteiger partial charge >= 0.3 is 0 Å². The van der Waals surface area contributed by atoms with Crippen LogP contribution in [0.15, 0.2) is 46.9 Å². The number of rotatable bonds is 5. The number of ether oxygens (including phenoxy) is 2. The van der Waals surface area contributed by atoms with E-state index in [4.69, 9.17) is 9.47 Å². The van der Waals surface area contributed by atoms with E-state index in [0.29, 0.717) is 76.5 Å². The molecule has 2 aliphatic carbocycles. The first-order chi connectivity index (χ1) is 19.9. The van der Waals surface area contributed by atoms with Gasteiger partial charge < -0.3 is 9.47 Å². The van der Waals surface area contributed by atoms with Crippen molar-refractivity contribution in [1.82, 2.24) is 9.71 Å². The highest BCUT2D eigenvalue weighted by Gasteiger charge is 2.49. The van der Waals surface area contributed by atoms with Gasteiger partial charge in [-0.2, -0.15) is 0 Å². The maximum Gasteiger partial charge on any atom is 0.283 e. The molecule has 1 aromatic heterocycles. The summed E-state index contributed by atoms with van der Waals surface area (Å²) in [4.78, 5) is 45.1. The first-order valence-electron chi connectivity index (χ1n) is 14.3. The molecule has 0 radical (unpaired) electrons. The highest BCUT2D eigenvalue weighted by atomic mass is 32.2. The van der Waals surface area contributed by atoms with Crippen LogP contribution in [0.25, 0.3) is 11.3 Å². The number of carbonyl (C=O) groups is 3. The van der Waals surface area contributed by atoms with E-state index in [9.17, 15) is 22.8 Å². The van der Waals surface area contributed by atoms with E-state index in [1.54, 1.807) is 32.2 Å². The standard InChI is InChI=1S/C33H38N2O7S/c1-17-9-11-20(34-30(17)31(38)35-43(8,39)40)19-10-12-23(41-7)26(18(19)2)29-27-21(36)13-32(3,4)15-24(27)42-25-16-33(5,6)14-22(37)28(25)29/h9-12,29H,13-16H2,1-8H3,(H,35,38). The normalized spacial score (nSPS) is 19.9. The molecule has 0 saturated carbocycles. The van der Waals surface area contributed by atoms with Gasteiger partial charge in [-0.05, 0) is 54.0 Å². The van der Waals surface area contributed by atoms with Gasteiger partial charge in [0.25, 0.3) is 5.91 Å². The zero-order chi connectivity index (χ0) is 31.6. The Kier molecular flexibility index (Phi) is 7.44. The number of ketones is 2. The lowest BCUT2D eigenvalue weighted by Gasteiger charge is -2.43. The molecule has 1 N–H and O–H groups in total. The molecule has 1 aliphatic heterocycles. The van der Waals surface area contributed by atoms with E-state index < -0.39 is 21.8 Å². The number of hydrogen-bond donors (Lipinski definition) is 1. The summed E-state index contributed by atoms with van der Waals surface area (Å²) in [5.74, 6) is 0.115. The number of Topliss-reactive ketones (excluding diaryl/α,β-unsaturated/α-hetero) is 2. The van der Waals surface area contributed by atoms with Gasteiger partial charge in [0.1, 0.15) is 23.0 Å². The second-order valence-electron chi connectivity index (χ2n) is 13.5. The van der Waals surface area contributed by atoms with Crippen molar-refractivity contribution in [2.45, 2.75) is 73.1 Å². The first kappa shape index (κ1) is 30.7. The topological polar surface area (TPSA) is 129 Å². The van der Waals surface area contributed by atoms with Crippen LogP contribution >= 0.6 is 0 Å². The molecule has 0 unspecified atom stereocenters. The molecule has 43 heavy (non-hydrogen) atoms. The van der Waals surface area contributed by atoms with Crippen molar-refractivity contribution in [2.24, 2.45) is 10.8 Å². The molecular formula is C33H38N2O7S. The van der Waals surface area contributed by atoms with Gasteiger partial charge in [-0.25, -0.2) is 18.1 Å². The lowest BCUT2D eigenvalue weighted by Crippen LogP contribution is -2.38. The fourth-order valence-electron chi connectivity index (χ4n) is 6.61. The summed E-state index contributed by atoms with van der Waals surface area (Å²) in [5, 5.41) is 0. The summed E-state index contributed by atoms with van der Waals surface area (Å²) in [6.45, 7) is 11.7. The number of hydrogen-bond acceptors (Lipinski definition) is 8. The van der Waals surface area contributed by atoms with Crippen molar-refractivity contribution in [2.75, 3.05) is 13.4 Å². The number of nitrogens with one attached hydrogen (secondary N) is 1. The molecule has 1 aromatic carbocycles. The molecule has 228 valence electrons. The number of aryl methyl sites for hydroxylation is 1. The number of nitrogens with zero attached hydrogens (tertiary/aromatic N) is 1. The summed E-state index contributed by atoms with van der Waals surface area (Å²) >= 11 is 0. The zero-order valence-electron chi connectivity index (χ0n) is 25.9. The van der Waals surface area contributed by atoms with Crippen molar-refractivity contribution >= 4 is 27.5 Å². The van der Waals surface area contributed by atoms with Gasteiger partial charge in [-0.1, -0.05) is 33.8 Å². The van der Waals surface area contributed by atoms with Crippen molar-refractivity contribution in [3.05, 3.63) is 69.3 Å². The van der Waals surface area contributed by atoms with Crippen LogP contribution in [-0.2, 0) is 24.3 Å². The number of benzene rings is 1. The number of pyridine rings is 1. The van der Waals surface area contributed by atoms with Crippen LogP contribution in [0, 0.1) is 24.7 Å². The zero-order valence-corrected chi connectivity index (χ0v) is 26.7. The summed E-state index contributed by atoms with van der Waals surface area (Å²) < 4.78 is 37.8. The maximum atomic E-state index is 13.9. The van der Waals surface area contributed by atoms with Crippen LogP contribution in [0.4, 0.5) is 0 Å². The minimum atomic E-state index is -3.80. The van der Waals surface area contributed by atoms with Gasteiger partial charge in [0.2, 0.25) is 10.0 Å². The third-order valence-electron chi connectivity index (χ3n) is 8.43. The summed E-state index contributed by atoms with van der Waals surface area (Å²) in [6.07, 6.45) is 2.69. The van der Waals surface area contributed by atoms with E-state index in [1.807, 2.05) is 45.4 Å². The lowest BCUT2D eigenvalue weighted by atomic mass is 9.65. The smallest absolute Gasteiger partial charge is 0.283 e. The number of aromatic nitrogens is 1. The highest BCUT2D eigenvalue weighted by molar-refractivity contribution is 7.89. The molecule has 10 heteroatoms. The number of carbonyl (C=O) groups excluding carboxylic acids is 3. The van der Waals surface area contributed by atoms with Gasteiger partial charge in [0.05, 0.1) is 25.0 Å². The summed E-state index contributed by atoms with van der Waals surface area (Å²) in [6, 6.07) is 7.06. The molecule has 0 bridgehead atoms. The molecule has 1 amide bonds. The first-order valence-corrected chi connectivity index (χ1v) is 16.2. The van der Waals surface area contributed by atoms with Crippen LogP contribution in [0.1, 0.15) is 86.5 Å². The van der Waals surface area contributed by atoms with Crippen LogP contribution < -0.4 is 9.46 Å². The Morgan fingerprint density at radius 1 is 0.930 bits per heavy atom. The second kappa shape index (κ2) is 10.4. The highest BCUT2D eigenvalue weighted by Crippen LogP contribution is 2.55. The maximum absolute atomic E-state index is 13.9. The number of sulfonamides is 1. The Bertz CT molecular complexity index is 1710. The van der Waals surface area contributed by atoms with Gasteiger partial charge in [0.15, 0.2) is 11.6 Å². The summed E-state index contributed by atoms with van der Waals surface area (Å²) in [7, 11) is -2.24. The Balaban J connectivity index is 1.74. The largest absolute Gasteiger partial charge is 0.496 e. The molecule has 0 atom stereocenters. The average Bonchev–Trinajstić information content (AvgIpc) is 2.85. The molecule has 2 heterocycles. The Morgan fingerprint density at radius 2 is 1.49 bits per heavy atom. The molecule has 0 spiro atoms. The third-order valence-corrected chi connectivity index (χ3v) is 8.99.